The van der Waals surface area contributed by atoms with E-state index in [1.165, 1.54) is 42.0 Å². The number of halogens is 1. The zero-order valence-electron chi connectivity index (χ0n) is 20.5. The van der Waals surface area contributed by atoms with Crippen molar-refractivity contribution < 1.29 is 13.9 Å². The number of benzene rings is 2. The first-order chi connectivity index (χ1) is 18.5. The van der Waals surface area contributed by atoms with Gasteiger partial charge in [0, 0.05) is 61.6 Å². The molecule has 1 aliphatic rings. The van der Waals surface area contributed by atoms with Crippen LogP contribution < -0.4 is 20.3 Å². The smallest absolute Gasteiger partial charge is 0.325 e. The molecule has 0 saturated carbocycles. The minimum absolute atomic E-state index is 0.0271. The largest absolute Gasteiger partial charge is 0.454 e. The first-order valence-corrected chi connectivity index (χ1v) is 13.0. The summed E-state index contributed by atoms with van der Waals surface area (Å²) in [4.78, 5) is 23.7. The molecule has 11 heteroatoms. The second kappa shape index (κ2) is 10.1. The molecule has 0 unspecified atom stereocenters. The van der Waals surface area contributed by atoms with Crippen LogP contribution in [-0.4, -0.2) is 38.9 Å². The van der Waals surface area contributed by atoms with Gasteiger partial charge in [0.15, 0.2) is 16.7 Å². The number of nitrogens with one attached hydrogen (secondary N) is 2. The maximum absolute atomic E-state index is 14.8. The number of carbonyl (C=O) groups is 1. The van der Waals surface area contributed by atoms with E-state index in [-0.39, 0.29) is 11.4 Å². The number of fused-ring (bicyclic) bond motifs is 1. The van der Waals surface area contributed by atoms with Gasteiger partial charge in [0.2, 0.25) is 0 Å². The summed E-state index contributed by atoms with van der Waals surface area (Å²) in [5.41, 5.74) is 3.77. The molecular weight excluding hydrogens is 505 g/mol. The summed E-state index contributed by atoms with van der Waals surface area (Å²) in [6, 6.07) is 13.2. The lowest BCUT2D eigenvalue weighted by Gasteiger charge is -2.16. The summed E-state index contributed by atoms with van der Waals surface area (Å²) in [6.45, 7) is 2.13. The third-order valence-electron chi connectivity index (χ3n) is 6.21. The van der Waals surface area contributed by atoms with Crippen LogP contribution in [0.25, 0.3) is 21.5 Å². The first kappa shape index (κ1) is 23.9. The lowest BCUT2D eigenvalue weighted by molar-refractivity contribution is 0.262. The number of anilines is 3. The number of thiazole rings is 1. The maximum Gasteiger partial charge on any atom is 0.325 e. The number of carbonyl (C=O) groups excluding carboxylic acids is 1. The Morgan fingerprint density at radius 1 is 1.08 bits per heavy atom. The van der Waals surface area contributed by atoms with E-state index in [2.05, 4.69) is 42.7 Å². The summed E-state index contributed by atoms with van der Waals surface area (Å²) >= 11 is 1.40. The number of urea groups is 1. The van der Waals surface area contributed by atoms with Gasteiger partial charge in [0.25, 0.3) is 0 Å². The number of amides is 2. The molecule has 1 fully saturated rings. The fourth-order valence-electron chi connectivity index (χ4n) is 4.37. The molecule has 0 spiro atoms. The minimum Gasteiger partial charge on any atom is -0.454 e. The topological polar surface area (TPSA) is 97.2 Å². The van der Waals surface area contributed by atoms with Crippen LogP contribution in [0.5, 0.6) is 11.5 Å². The van der Waals surface area contributed by atoms with E-state index >= 15 is 0 Å². The van der Waals surface area contributed by atoms with E-state index in [4.69, 9.17) is 4.74 Å². The number of hydrogen-bond acceptors (Lipinski definition) is 7. The monoisotopic (exact) mass is 529 g/mol. The van der Waals surface area contributed by atoms with Crippen molar-refractivity contribution >= 4 is 44.1 Å². The van der Waals surface area contributed by atoms with Crippen molar-refractivity contribution in [3.8, 4) is 22.8 Å². The summed E-state index contributed by atoms with van der Waals surface area (Å²) in [5, 5.41) is 10.0. The molecular formula is C27H24FN7O2S. The Morgan fingerprint density at radius 3 is 2.74 bits per heavy atom. The lowest BCUT2D eigenvalue weighted by Crippen LogP contribution is -2.19. The lowest BCUT2D eigenvalue weighted by atomic mass is 10.2. The molecule has 2 amide bonds. The van der Waals surface area contributed by atoms with E-state index < -0.39 is 11.8 Å². The maximum atomic E-state index is 14.8. The molecule has 3 aromatic heterocycles. The van der Waals surface area contributed by atoms with Crippen LogP contribution in [0.3, 0.4) is 0 Å². The summed E-state index contributed by atoms with van der Waals surface area (Å²) in [6.07, 6.45) is 7.53. The zero-order valence-corrected chi connectivity index (χ0v) is 21.3. The Hall–Kier alpha value is -4.51. The Bertz CT molecular complexity index is 1630. The third-order valence-corrected chi connectivity index (χ3v) is 7.15. The molecule has 1 saturated heterocycles. The first-order valence-electron chi connectivity index (χ1n) is 12.2. The molecule has 2 aromatic carbocycles. The van der Waals surface area contributed by atoms with E-state index in [0.717, 1.165) is 28.9 Å². The number of aromatic nitrogens is 4. The molecule has 2 N–H and O–H groups in total. The quantitative estimate of drug-likeness (QED) is 0.269. The molecule has 9 nitrogen and oxygen atoms in total. The summed E-state index contributed by atoms with van der Waals surface area (Å²) in [5.74, 6) is -0.156. The van der Waals surface area contributed by atoms with E-state index in [1.807, 2.05) is 19.3 Å². The average molecular weight is 530 g/mol. The van der Waals surface area contributed by atoms with Gasteiger partial charge in [0.1, 0.15) is 5.75 Å². The number of pyridine rings is 1. The standard InChI is InChI=1S/C27H24FN7O2S/c1-34-16-17(15-30-34)23-14-20(8-9-29-23)37-24-7-4-18(12-21(24)28)31-26(36)33-27-32-22-6-5-19(13-25(22)38-27)35-10-2-3-11-35/h4-9,12-16H,2-3,10-11H2,1H3,(H2,31,32,33,36). The van der Waals surface area contributed by atoms with E-state index in [9.17, 15) is 9.18 Å². The summed E-state index contributed by atoms with van der Waals surface area (Å²) in [7, 11) is 1.82. The highest BCUT2D eigenvalue weighted by molar-refractivity contribution is 7.22. The average Bonchev–Trinajstić information content (AvgIpc) is 3.66. The van der Waals surface area contributed by atoms with Crippen molar-refractivity contribution in [3.05, 3.63) is 72.9 Å². The molecule has 38 heavy (non-hydrogen) atoms. The SMILES string of the molecule is Cn1cc(-c2cc(Oc3ccc(NC(=O)Nc4nc5ccc(N6CCCC6)cc5s4)cc3F)ccn2)cn1. The van der Waals surface area contributed by atoms with Crippen LogP contribution >= 0.6 is 11.3 Å². The second-order valence-corrected chi connectivity index (χ2v) is 10.0. The van der Waals surface area contributed by atoms with Crippen LogP contribution in [0.4, 0.5) is 25.7 Å². The molecule has 0 radical (unpaired) electrons. The Labute approximate surface area is 221 Å². The molecule has 5 aromatic rings. The molecule has 0 atom stereocenters. The van der Waals surface area contributed by atoms with Gasteiger partial charge in [-0.2, -0.15) is 5.10 Å². The third kappa shape index (κ3) is 5.14. The fraction of sp³-hybridized carbons (Fsp3) is 0.185. The predicted molar refractivity (Wildman–Crippen MR) is 147 cm³/mol. The molecule has 4 heterocycles. The second-order valence-electron chi connectivity index (χ2n) is 8.97. The number of rotatable bonds is 6. The molecule has 1 aliphatic heterocycles. The van der Waals surface area contributed by atoms with Gasteiger partial charge in [0.05, 0.1) is 22.1 Å². The fourth-order valence-corrected chi connectivity index (χ4v) is 5.27. The van der Waals surface area contributed by atoms with Gasteiger partial charge in [-0.25, -0.2) is 14.2 Å². The van der Waals surface area contributed by atoms with Gasteiger partial charge in [-0.3, -0.25) is 15.0 Å². The number of hydrogen-bond donors (Lipinski definition) is 2. The number of ether oxygens (including phenoxy) is 1. The van der Waals surface area contributed by atoms with Crippen LogP contribution in [0.2, 0.25) is 0 Å². The van der Waals surface area contributed by atoms with Crippen molar-refractivity contribution in [1.82, 2.24) is 19.7 Å². The highest BCUT2D eigenvalue weighted by Crippen LogP contribution is 2.32. The van der Waals surface area contributed by atoms with Gasteiger partial charge in [-0.05, 0) is 49.2 Å². The predicted octanol–water partition coefficient (Wildman–Crippen LogP) is 6.27. The molecule has 0 aliphatic carbocycles. The zero-order chi connectivity index (χ0) is 26.1. The van der Waals surface area contributed by atoms with Crippen LogP contribution in [0.15, 0.2) is 67.1 Å². The number of nitrogens with zero attached hydrogens (tertiary/aromatic N) is 5. The van der Waals surface area contributed by atoms with Gasteiger partial charge < -0.3 is 15.0 Å². The highest BCUT2D eigenvalue weighted by Gasteiger charge is 2.15. The Balaban J connectivity index is 1.10. The van der Waals surface area contributed by atoms with Crippen molar-refractivity contribution in [2.24, 2.45) is 7.05 Å². The van der Waals surface area contributed by atoms with Gasteiger partial charge >= 0.3 is 6.03 Å². The molecule has 0 bridgehead atoms. The Kier molecular flexibility index (Phi) is 6.34. The Morgan fingerprint density at radius 2 is 1.95 bits per heavy atom. The number of aryl methyl sites for hydroxylation is 1. The van der Waals surface area contributed by atoms with Crippen molar-refractivity contribution in [2.75, 3.05) is 28.6 Å². The van der Waals surface area contributed by atoms with Gasteiger partial charge in [-0.1, -0.05) is 11.3 Å². The van der Waals surface area contributed by atoms with Crippen molar-refractivity contribution in [1.29, 1.82) is 0 Å². The highest BCUT2D eigenvalue weighted by atomic mass is 32.1. The van der Waals surface area contributed by atoms with Crippen LogP contribution in [-0.2, 0) is 7.05 Å². The van der Waals surface area contributed by atoms with E-state index in [0.29, 0.717) is 16.6 Å². The normalized spacial score (nSPS) is 13.2. The minimum atomic E-state index is -0.614. The molecule has 6 rings (SSSR count). The molecule has 192 valence electrons. The van der Waals surface area contributed by atoms with Crippen LogP contribution in [0.1, 0.15) is 12.8 Å². The summed E-state index contributed by atoms with van der Waals surface area (Å²) < 4.78 is 23.2. The van der Waals surface area contributed by atoms with Crippen molar-refractivity contribution in [2.45, 2.75) is 12.8 Å². The van der Waals surface area contributed by atoms with E-state index in [1.54, 1.807) is 35.3 Å². The van der Waals surface area contributed by atoms with Gasteiger partial charge in [-0.15, -0.1) is 0 Å². The van der Waals surface area contributed by atoms with Crippen molar-refractivity contribution in [3.63, 3.8) is 0 Å². The van der Waals surface area contributed by atoms with Crippen LogP contribution in [0, 0.1) is 5.82 Å².